The molecule has 1 amide bonds. The van der Waals surface area contributed by atoms with Gasteiger partial charge in [-0.15, -0.1) is 0 Å². The standard InChI is InChI=1S/C18H22N2O3/c1-2-5-15-13(8-9-19-15)18(22)20-10-11-23-17-7-4-3-6-14(17)16(20)12-21/h3-4,6-9,16,19,21H,2,5,10-12H2,1H3. The Labute approximate surface area is 135 Å². The molecule has 1 aromatic heterocycles. The van der Waals surface area contributed by atoms with E-state index in [-0.39, 0.29) is 18.6 Å². The van der Waals surface area contributed by atoms with Crippen LogP contribution in [-0.4, -0.2) is 40.7 Å². The van der Waals surface area contributed by atoms with E-state index in [0.717, 1.165) is 29.8 Å². The van der Waals surface area contributed by atoms with E-state index in [1.807, 2.05) is 30.3 Å². The summed E-state index contributed by atoms with van der Waals surface area (Å²) in [5, 5.41) is 9.90. The maximum atomic E-state index is 13.0. The molecule has 5 nitrogen and oxygen atoms in total. The van der Waals surface area contributed by atoms with Crippen LogP contribution in [0.15, 0.2) is 36.5 Å². The van der Waals surface area contributed by atoms with Gasteiger partial charge < -0.3 is 19.7 Å². The minimum atomic E-state index is -0.384. The van der Waals surface area contributed by atoms with Gasteiger partial charge in [0.1, 0.15) is 12.4 Å². The number of carbonyl (C=O) groups is 1. The van der Waals surface area contributed by atoms with E-state index in [2.05, 4.69) is 11.9 Å². The predicted molar refractivity (Wildman–Crippen MR) is 87.6 cm³/mol. The van der Waals surface area contributed by atoms with Gasteiger partial charge in [-0.3, -0.25) is 4.79 Å². The van der Waals surface area contributed by atoms with Crippen LogP contribution in [-0.2, 0) is 6.42 Å². The molecule has 0 saturated heterocycles. The summed E-state index contributed by atoms with van der Waals surface area (Å²) < 4.78 is 5.74. The van der Waals surface area contributed by atoms with E-state index in [9.17, 15) is 9.90 Å². The number of aromatic amines is 1. The molecule has 5 heteroatoms. The van der Waals surface area contributed by atoms with Gasteiger partial charge in [0.2, 0.25) is 0 Å². The molecule has 2 N–H and O–H groups in total. The average Bonchev–Trinajstić information content (AvgIpc) is 2.94. The van der Waals surface area contributed by atoms with Crippen LogP contribution in [0.2, 0.25) is 0 Å². The van der Waals surface area contributed by atoms with Crippen LogP contribution in [0.3, 0.4) is 0 Å². The molecule has 1 atom stereocenters. The second-order valence-electron chi connectivity index (χ2n) is 5.70. The molecule has 0 aliphatic carbocycles. The number of carbonyl (C=O) groups excluding carboxylic acids is 1. The Kier molecular flexibility index (Phi) is 4.67. The van der Waals surface area contributed by atoms with Crippen molar-refractivity contribution in [2.24, 2.45) is 0 Å². The molecule has 3 rings (SSSR count). The molecule has 122 valence electrons. The molecule has 23 heavy (non-hydrogen) atoms. The van der Waals surface area contributed by atoms with Crippen molar-refractivity contribution in [3.8, 4) is 5.75 Å². The van der Waals surface area contributed by atoms with Crippen molar-refractivity contribution in [2.75, 3.05) is 19.8 Å². The van der Waals surface area contributed by atoms with Crippen molar-refractivity contribution in [2.45, 2.75) is 25.8 Å². The highest BCUT2D eigenvalue weighted by atomic mass is 16.5. The highest BCUT2D eigenvalue weighted by Crippen LogP contribution is 2.32. The van der Waals surface area contributed by atoms with Crippen LogP contribution >= 0.6 is 0 Å². The fourth-order valence-electron chi connectivity index (χ4n) is 3.12. The Bertz CT molecular complexity index is 680. The molecule has 1 aliphatic rings. The van der Waals surface area contributed by atoms with Crippen molar-refractivity contribution < 1.29 is 14.6 Å². The summed E-state index contributed by atoms with van der Waals surface area (Å²) >= 11 is 0. The topological polar surface area (TPSA) is 65.6 Å². The second-order valence-corrected chi connectivity index (χ2v) is 5.70. The van der Waals surface area contributed by atoms with Crippen molar-refractivity contribution >= 4 is 5.91 Å². The van der Waals surface area contributed by atoms with E-state index in [1.54, 1.807) is 11.1 Å². The lowest BCUT2D eigenvalue weighted by Crippen LogP contribution is -2.38. The number of hydrogen-bond acceptors (Lipinski definition) is 3. The van der Waals surface area contributed by atoms with Gasteiger partial charge in [0.05, 0.1) is 24.8 Å². The van der Waals surface area contributed by atoms with Crippen LogP contribution < -0.4 is 4.74 Å². The first-order valence-electron chi connectivity index (χ1n) is 8.06. The highest BCUT2D eigenvalue weighted by Gasteiger charge is 2.31. The number of aromatic nitrogens is 1. The van der Waals surface area contributed by atoms with Gasteiger partial charge in [-0.1, -0.05) is 31.5 Å². The van der Waals surface area contributed by atoms with Crippen molar-refractivity contribution in [3.05, 3.63) is 53.3 Å². The largest absolute Gasteiger partial charge is 0.491 e. The molecule has 1 unspecified atom stereocenters. The normalized spacial score (nSPS) is 17.3. The third kappa shape index (κ3) is 2.97. The summed E-state index contributed by atoms with van der Waals surface area (Å²) in [6, 6.07) is 9.02. The summed E-state index contributed by atoms with van der Waals surface area (Å²) in [6.45, 7) is 2.84. The molecule has 0 bridgehead atoms. The number of aryl methyl sites for hydroxylation is 1. The number of nitrogens with zero attached hydrogens (tertiary/aromatic N) is 1. The zero-order valence-corrected chi connectivity index (χ0v) is 13.3. The molecule has 0 spiro atoms. The first kappa shape index (κ1) is 15.6. The number of nitrogens with one attached hydrogen (secondary N) is 1. The monoisotopic (exact) mass is 314 g/mol. The molecule has 1 aliphatic heterocycles. The zero-order chi connectivity index (χ0) is 16.2. The van der Waals surface area contributed by atoms with Crippen molar-refractivity contribution in [1.29, 1.82) is 0 Å². The van der Waals surface area contributed by atoms with Crippen LogP contribution in [0, 0.1) is 0 Å². The van der Waals surface area contributed by atoms with Crippen LogP contribution in [0.4, 0.5) is 0 Å². The quantitative estimate of drug-likeness (QED) is 0.911. The number of para-hydroxylation sites is 1. The van der Waals surface area contributed by atoms with Crippen LogP contribution in [0.5, 0.6) is 5.75 Å². The second kappa shape index (κ2) is 6.87. The maximum absolute atomic E-state index is 13.0. The van der Waals surface area contributed by atoms with E-state index in [4.69, 9.17) is 4.74 Å². The Morgan fingerprint density at radius 1 is 1.39 bits per heavy atom. The molecule has 0 saturated carbocycles. The Balaban J connectivity index is 1.94. The van der Waals surface area contributed by atoms with E-state index in [0.29, 0.717) is 18.7 Å². The van der Waals surface area contributed by atoms with Gasteiger partial charge >= 0.3 is 0 Å². The molecule has 0 radical (unpaired) electrons. The number of aliphatic hydroxyl groups is 1. The number of H-pyrrole nitrogens is 1. The van der Waals surface area contributed by atoms with Gasteiger partial charge in [0.25, 0.3) is 5.91 Å². The third-order valence-electron chi connectivity index (χ3n) is 4.24. The number of hydrogen-bond donors (Lipinski definition) is 2. The SMILES string of the molecule is CCCc1[nH]ccc1C(=O)N1CCOc2ccccc2C1CO. The maximum Gasteiger partial charge on any atom is 0.256 e. The van der Waals surface area contributed by atoms with Gasteiger partial charge in [-0.05, 0) is 18.6 Å². The van der Waals surface area contributed by atoms with E-state index < -0.39 is 0 Å². The summed E-state index contributed by atoms with van der Waals surface area (Å²) in [4.78, 5) is 17.9. The fourth-order valence-corrected chi connectivity index (χ4v) is 3.12. The molecule has 2 aromatic rings. The number of rotatable bonds is 4. The number of aliphatic hydroxyl groups excluding tert-OH is 1. The Hall–Kier alpha value is -2.27. The lowest BCUT2D eigenvalue weighted by Gasteiger charge is -2.28. The molecular formula is C18H22N2O3. The molecular weight excluding hydrogens is 292 g/mol. The Morgan fingerprint density at radius 2 is 2.22 bits per heavy atom. The Morgan fingerprint density at radius 3 is 3.00 bits per heavy atom. The molecule has 0 fully saturated rings. The molecule has 2 heterocycles. The van der Waals surface area contributed by atoms with Crippen molar-refractivity contribution in [1.82, 2.24) is 9.88 Å². The van der Waals surface area contributed by atoms with E-state index in [1.165, 1.54) is 0 Å². The van der Waals surface area contributed by atoms with Gasteiger partial charge in [-0.2, -0.15) is 0 Å². The number of fused-ring (bicyclic) bond motifs is 1. The third-order valence-corrected chi connectivity index (χ3v) is 4.24. The highest BCUT2D eigenvalue weighted by molar-refractivity contribution is 5.95. The van der Waals surface area contributed by atoms with Gasteiger partial charge in [-0.25, -0.2) is 0 Å². The fraction of sp³-hybridized carbons (Fsp3) is 0.389. The summed E-state index contributed by atoms with van der Waals surface area (Å²) in [5.41, 5.74) is 2.49. The average molecular weight is 314 g/mol. The smallest absolute Gasteiger partial charge is 0.256 e. The number of ether oxygens (including phenoxy) is 1. The first-order valence-corrected chi connectivity index (χ1v) is 8.06. The minimum absolute atomic E-state index is 0.0611. The number of benzene rings is 1. The predicted octanol–water partition coefficient (Wildman–Crippen LogP) is 2.54. The zero-order valence-electron chi connectivity index (χ0n) is 13.3. The summed E-state index contributed by atoms with van der Waals surface area (Å²) in [5.74, 6) is 0.679. The van der Waals surface area contributed by atoms with Gasteiger partial charge in [0.15, 0.2) is 0 Å². The van der Waals surface area contributed by atoms with Crippen LogP contribution in [0.25, 0.3) is 0 Å². The lowest BCUT2D eigenvalue weighted by atomic mass is 10.0. The van der Waals surface area contributed by atoms with E-state index >= 15 is 0 Å². The first-order chi connectivity index (χ1) is 11.3. The number of amides is 1. The lowest BCUT2D eigenvalue weighted by molar-refractivity contribution is 0.0584. The molecule has 1 aromatic carbocycles. The van der Waals surface area contributed by atoms with Crippen LogP contribution in [0.1, 0.15) is 41.0 Å². The van der Waals surface area contributed by atoms with Crippen molar-refractivity contribution in [3.63, 3.8) is 0 Å². The van der Waals surface area contributed by atoms with Gasteiger partial charge in [0, 0.05) is 17.5 Å². The summed E-state index contributed by atoms with van der Waals surface area (Å²) in [6.07, 6.45) is 3.60. The minimum Gasteiger partial charge on any atom is -0.491 e. The summed E-state index contributed by atoms with van der Waals surface area (Å²) in [7, 11) is 0.